The van der Waals surface area contributed by atoms with E-state index in [-0.39, 0.29) is 25.5 Å². The van der Waals surface area contributed by atoms with Crippen molar-refractivity contribution in [2.24, 2.45) is 0 Å². The third kappa shape index (κ3) is 5.42. The minimum Gasteiger partial charge on any atom is -0.482 e. The van der Waals surface area contributed by atoms with Gasteiger partial charge in [-0.2, -0.15) is 0 Å². The molecule has 0 aliphatic carbocycles. The first-order valence-electron chi connectivity index (χ1n) is 10.5. The highest BCUT2D eigenvalue weighted by Gasteiger charge is 2.26. The molecule has 2 atom stereocenters. The normalized spacial score (nSPS) is 14.8. The molecule has 7 heteroatoms. The molecule has 0 saturated heterocycles. The first kappa shape index (κ1) is 22.3. The molecule has 1 aliphatic heterocycles. The Labute approximate surface area is 182 Å². The Kier molecular flexibility index (Phi) is 7.28. The second-order valence-electron chi connectivity index (χ2n) is 7.57. The second-order valence-corrected chi connectivity index (χ2v) is 7.57. The van der Waals surface area contributed by atoms with E-state index in [1.165, 1.54) is 11.8 Å². The lowest BCUT2D eigenvalue weighted by Crippen LogP contribution is -2.40. The van der Waals surface area contributed by atoms with Crippen LogP contribution < -0.4 is 15.0 Å². The van der Waals surface area contributed by atoms with E-state index in [0.29, 0.717) is 17.4 Å². The number of para-hydroxylation sites is 3. The fourth-order valence-electron chi connectivity index (χ4n) is 3.41. The van der Waals surface area contributed by atoms with Gasteiger partial charge in [0.1, 0.15) is 5.75 Å². The number of carbonyl (C=O) groups is 3. The van der Waals surface area contributed by atoms with E-state index in [0.717, 1.165) is 17.7 Å². The monoisotopic (exact) mass is 424 g/mol. The summed E-state index contributed by atoms with van der Waals surface area (Å²) < 4.78 is 10.7. The van der Waals surface area contributed by atoms with Crippen LogP contribution in [0.3, 0.4) is 0 Å². The van der Waals surface area contributed by atoms with Crippen LogP contribution in [-0.2, 0) is 19.1 Å². The number of nitrogens with one attached hydrogen (secondary N) is 1. The van der Waals surface area contributed by atoms with Crippen LogP contribution in [0.5, 0.6) is 5.75 Å². The Bertz CT molecular complexity index is 958. The van der Waals surface area contributed by atoms with Crippen LogP contribution in [0.15, 0.2) is 48.5 Å². The number of rotatable bonds is 8. The van der Waals surface area contributed by atoms with Crippen molar-refractivity contribution in [1.82, 2.24) is 0 Å². The fourth-order valence-corrected chi connectivity index (χ4v) is 3.41. The van der Waals surface area contributed by atoms with Crippen LogP contribution >= 0.6 is 0 Å². The molecule has 1 aliphatic rings. The van der Waals surface area contributed by atoms with Crippen LogP contribution in [-0.4, -0.2) is 37.0 Å². The lowest BCUT2D eigenvalue weighted by molar-refractivity contribution is -0.153. The van der Waals surface area contributed by atoms with Crippen molar-refractivity contribution in [3.05, 3.63) is 54.1 Å². The molecule has 0 radical (unpaired) electrons. The summed E-state index contributed by atoms with van der Waals surface area (Å²) in [5.74, 6) is -0.267. The van der Waals surface area contributed by atoms with Gasteiger partial charge in [-0.3, -0.25) is 14.4 Å². The summed E-state index contributed by atoms with van der Waals surface area (Å²) in [5.41, 5.74) is 2.39. The molecule has 0 saturated carbocycles. The van der Waals surface area contributed by atoms with E-state index in [9.17, 15) is 14.4 Å². The predicted molar refractivity (Wildman–Crippen MR) is 118 cm³/mol. The highest BCUT2D eigenvalue weighted by Crippen LogP contribution is 2.31. The molecule has 31 heavy (non-hydrogen) atoms. The molecular weight excluding hydrogens is 396 g/mol. The van der Waals surface area contributed by atoms with Gasteiger partial charge in [0, 0.05) is 12.2 Å². The van der Waals surface area contributed by atoms with Crippen molar-refractivity contribution < 1.29 is 23.9 Å². The van der Waals surface area contributed by atoms with Crippen molar-refractivity contribution in [2.45, 2.75) is 45.6 Å². The Morgan fingerprint density at radius 3 is 2.61 bits per heavy atom. The number of fused-ring (bicyclic) bond motifs is 1. The van der Waals surface area contributed by atoms with E-state index in [1.54, 1.807) is 18.2 Å². The second kappa shape index (κ2) is 10.1. The number of ether oxygens (including phenoxy) is 2. The summed E-state index contributed by atoms with van der Waals surface area (Å²) >= 11 is 0. The van der Waals surface area contributed by atoms with Gasteiger partial charge in [0.15, 0.2) is 12.7 Å². The number of carbonyl (C=O) groups excluding carboxylic acids is 3. The van der Waals surface area contributed by atoms with E-state index < -0.39 is 18.0 Å². The van der Waals surface area contributed by atoms with E-state index in [4.69, 9.17) is 9.47 Å². The molecule has 1 heterocycles. The summed E-state index contributed by atoms with van der Waals surface area (Å²) in [5, 5.41) is 2.86. The van der Waals surface area contributed by atoms with Gasteiger partial charge in [-0.05, 0) is 43.0 Å². The Hall–Kier alpha value is -3.35. The molecule has 3 rings (SSSR count). The van der Waals surface area contributed by atoms with Crippen LogP contribution in [0, 0.1) is 0 Å². The van der Waals surface area contributed by atoms with Crippen molar-refractivity contribution in [3.63, 3.8) is 0 Å². The van der Waals surface area contributed by atoms with Crippen molar-refractivity contribution in [2.75, 3.05) is 23.4 Å². The van der Waals surface area contributed by atoms with Gasteiger partial charge >= 0.3 is 5.97 Å². The number of anilines is 2. The van der Waals surface area contributed by atoms with Gasteiger partial charge in [0.25, 0.3) is 11.8 Å². The molecule has 2 aromatic carbocycles. The third-order valence-electron chi connectivity index (χ3n) is 5.39. The van der Waals surface area contributed by atoms with Crippen molar-refractivity contribution in [3.8, 4) is 5.75 Å². The van der Waals surface area contributed by atoms with Gasteiger partial charge in [0.05, 0.1) is 12.1 Å². The molecule has 164 valence electrons. The van der Waals surface area contributed by atoms with E-state index >= 15 is 0 Å². The topological polar surface area (TPSA) is 84.9 Å². The molecule has 0 unspecified atom stereocenters. The average Bonchev–Trinajstić information content (AvgIpc) is 2.78. The fraction of sp³-hybridized carbons (Fsp3) is 0.375. The maximum Gasteiger partial charge on any atom is 0.308 e. The smallest absolute Gasteiger partial charge is 0.308 e. The van der Waals surface area contributed by atoms with E-state index in [2.05, 4.69) is 19.2 Å². The molecule has 1 N–H and O–H groups in total. The summed E-state index contributed by atoms with van der Waals surface area (Å²) in [6.45, 7) is 5.81. The van der Waals surface area contributed by atoms with Gasteiger partial charge < -0.3 is 19.7 Å². The maximum atomic E-state index is 12.6. The summed E-state index contributed by atoms with van der Waals surface area (Å²) in [6.07, 6.45) is -0.0349. The first-order valence-corrected chi connectivity index (χ1v) is 10.5. The van der Waals surface area contributed by atoms with Crippen LogP contribution in [0.1, 0.15) is 45.1 Å². The van der Waals surface area contributed by atoms with Gasteiger partial charge in [0.2, 0.25) is 0 Å². The minimum absolute atomic E-state index is 0.0266. The molecule has 7 nitrogen and oxygen atoms in total. The van der Waals surface area contributed by atoms with E-state index in [1.807, 2.05) is 30.3 Å². The molecular formula is C24H28N2O5. The molecule has 0 aromatic heterocycles. The highest BCUT2D eigenvalue weighted by atomic mass is 16.5. The van der Waals surface area contributed by atoms with Gasteiger partial charge in [-0.1, -0.05) is 44.2 Å². The molecule has 0 bridgehead atoms. The zero-order valence-electron chi connectivity index (χ0n) is 18.1. The number of esters is 1. The van der Waals surface area contributed by atoms with Crippen LogP contribution in [0.4, 0.5) is 11.4 Å². The molecule has 2 amide bonds. The Balaban J connectivity index is 1.55. The largest absolute Gasteiger partial charge is 0.482 e. The SMILES string of the molecule is CC[C@@H](C)c1ccccc1NC(=O)[C@@H](C)OC(=O)CCN1C(=O)COc2ccccc21. The molecule has 0 fully saturated rings. The number of benzene rings is 2. The molecule has 2 aromatic rings. The summed E-state index contributed by atoms with van der Waals surface area (Å²) in [7, 11) is 0. The Morgan fingerprint density at radius 1 is 1.13 bits per heavy atom. The highest BCUT2D eigenvalue weighted by molar-refractivity contribution is 5.98. The number of hydrogen-bond acceptors (Lipinski definition) is 5. The predicted octanol–water partition coefficient (Wildman–Crippen LogP) is 3.89. The lowest BCUT2D eigenvalue weighted by Gasteiger charge is -2.29. The van der Waals surface area contributed by atoms with Crippen LogP contribution in [0.2, 0.25) is 0 Å². The Morgan fingerprint density at radius 2 is 1.84 bits per heavy atom. The summed E-state index contributed by atoms with van der Waals surface area (Å²) in [6, 6.07) is 14.8. The van der Waals surface area contributed by atoms with Gasteiger partial charge in [-0.25, -0.2) is 0 Å². The van der Waals surface area contributed by atoms with Crippen molar-refractivity contribution >= 4 is 29.2 Å². The van der Waals surface area contributed by atoms with Gasteiger partial charge in [-0.15, -0.1) is 0 Å². The summed E-state index contributed by atoms with van der Waals surface area (Å²) in [4.78, 5) is 38.6. The third-order valence-corrected chi connectivity index (χ3v) is 5.39. The number of amides is 2. The lowest BCUT2D eigenvalue weighted by atomic mass is 9.97. The zero-order chi connectivity index (χ0) is 22.4. The average molecular weight is 424 g/mol. The first-order chi connectivity index (χ1) is 14.9. The van der Waals surface area contributed by atoms with Crippen LogP contribution in [0.25, 0.3) is 0 Å². The minimum atomic E-state index is -0.954. The number of hydrogen-bond donors (Lipinski definition) is 1. The standard InChI is InChI=1S/C24H28N2O5/c1-4-16(2)18-9-5-6-10-19(18)25-24(29)17(3)31-23(28)13-14-26-20-11-7-8-12-21(20)30-15-22(26)27/h5-12,16-17H,4,13-15H2,1-3H3,(H,25,29)/t16-,17-/m1/s1. The number of nitrogens with zero attached hydrogens (tertiary/aromatic N) is 1. The maximum absolute atomic E-state index is 12.6. The molecule has 0 spiro atoms. The zero-order valence-corrected chi connectivity index (χ0v) is 18.1. The quantitative estimate of drug-likeness (QED) is 0.650. The van der Waals surface area contributed by atoms with Crippen molar-refractivity contribution in [1.29, 1.82) is 0 Å².